The number of hydrogen-bond acceptors (Lipinski definition) is 3. The molecular weight excluding hydrogens is 351 g/mol. The Hall–Kier alpha value is -1.66. The van der Waals surface area contributed by atoms with Gasteiger partial charge in [0.1, 0.15) is 5.75 Å². The Labute approximate surface area is 147 Å². The minimum atomic E-state index is -1.25. The average Bonchev–Trinajstić information content (AvgIpc) is 2.56. The molecule has 0 atom stereocenters. The molecule has 2 amide bonds. The Balaban J connectivity index is 1.67. The van der Waals surface area contributed by atoms with Gasteiger partial charge in [-0.2, -0.15) is 0 Å². The van der Waals surface area contributed by atoms with Crippen molar-refractivity contribution in [3.63, 3.8) is 0 Å². The number of anilines is 1. The summed E-state index contributed by atoms with van der Waals surface area (Å²) in [6.07, 6.45) is 4.26. The van der Waals surface area contributed by atoms with Crippen molar-refractivity contribution in [2.75, 3.05) is 11.9 Å². The van der Waals surface area contributed by atoms with Crippen LogP contribution in [0.15, 0.2) is 35.4 Å². The molecule has 6 heteroatoms. The molecule has 1 fully saturated rings. The predicted octanol–water partition coefficient (Wildman–Crippen LogP) is 4.24. The quantitative estimate of drug-likeness (QED) is 0.649. The van der Waals surface area contributed by atoms with E-state index >= 15 is 0 Å². The number of hydrogen-bond donors (Lipinski definition) is 3. The van der Waals surface area contributed by atoms with E-state index in [9.17, 15) is 13.8 Å². The number of nitrogens with one attached hydrogen (secondary N) is 2. The van der Waals surface area contributed by atoms with Crippen LogP contribution in [0.25, 0.3) is 0 Å². The van der Waals surface area contributed by atoms with E-state index in [2.05, 4.69) is 17.2 Å². The van der Waals surface area contributed by atoms with Crippen molar-refractivity contribution in [3.8, 4) is 5.75 Å². The predicted molar refractivity (Wildman–Crippen MR) is 90.9 cm³/mol. The molecule has 0 unspecified atom stereocenters. The number of urea groups is 1. The first kappa shape index (κ1) is 18.7. The number of carbonyl (C=O) groups excluding carboxylic acids is 1. The Morgan fingerprint density at radius 3 is 2.38 bits per heavy atom. The molecule has 1 aliphatic rings. The summed E-state index contributed by atoms with van der Waals surface area (Å²) in [6.45, 7) is 6.26. The van der Waals surface area contributed by atoms with Crippen molar-refractivity contribution in [2.45, 2.75) is 38.0 Å². The van der Waals surface area contributed by atoms with E-state index in [1.807, 2.05) is 6.92 Å². The standard InChI is InChI=1S/C15H21N2O2.C3H5.Co.O/c1-11-2-4-12(5-3-11)10-16-15(19)17-13-6-8-14(18)9-7-13;1-3-2;;/h6-9,11-12,18H,1-5,10H2,(H2,16,17,19);1H2,2H3;;. The van der Waals surface area contributed by atoms with Crippen molar-refractivity contribution in [3.05, 3.63) is 35.4 Å². The fourth-order valence-corrected chi connectivity index (χ4v) is 4.15. The molecule has 0 spiro atoms. The second kappa shape index (κ2) is 8.99. The van der Waals surface area contributed by atoms with Gasteiger partial charge in [0.25, 0.3) is 0 Å². The van der Waals surface area contributed by atoms with Crippen LogP contribution >= 0.6 is 0 Å². The van der Waals surface area contributed by atoms with Crippen LogP contribution < -0.4 is 10.6 Å². The second-order valence-corrected chi connectivity index (χ2v) is 8.52. The van der Waals surface area contributed by atoms with Gasteiger partial charge in [0, 0.05) is 0 Å². The fourth-order valence-electron chi connectivity index (χ4n) is 2.82. The molecule has 0 heterocycles. The molecule has 24 heavy (non-hydrogen) atoms. The zero-order valence-corrected chi connectivity index (χ0v) is 15.1. The topological polar surface area (TPSA) is 78.4 Å². The average molecular weight is 377 g/mol. The third-order valence-electron chi connectivity index (χ3n) is 4.28. The fraction of sp³-hybridized carbons (Fsp3) is 0.500. The summed E-state index contributed by atoms with van der Waals surface area (Å²) in [5, 5.41) is 15.6. The second-order valence-electron chi connectivity index (χ2n) is 6.32. The summed E-state index contributed by atoms with van der Waals surface area (Å²) in [7, 11) is 0. The zero-order valence-electron chi connectivity index (χ0n) is 14.0. The van der Waals surface area contributed by atoms with Crippen LogP contribution in [-0.4, -0.2) is 17.7 Å². The molecule has 0 saturated heterocycles. The number of carbonyl (C=O) groups is 1. The van der Waals surface area contributed by atoms with Crippen LogP contribution in [0.4, 0.5) is 10.5 Å². The molecule has 5 nitrogen and oxygen atoms in total. The molecule has 1 aromatic carbocycles. The van der Waals surface area contributed by atoms with Crippen molar-refractivity contribution < 1.29 is 27.4 Å². The van der Waals surface area contributed by atoms with Crippen LogP contribution in [0, 0.1) is 11.8 Å². The summed E-state index contributed by atoms with van der Waals surface area (Å²) in [4.78, 5) is 11.9. The molecule has 135 valence electrons. The molecule has 0 radical (unpaired) electrons. The van der Waals surface area contributed by atoms with E-state index in [4.69, 9.17) is 0 Å². The van der Waals surface area contributed by atoms with Gasteiger partial charge < -0.3 is 5.11 Å². The monoisotopic (exact) mass is 377 g/mol. The van der Waals surface area contributed by atoms with Gasteiger partial charge in [-0.3, -0.25) is 0 Å². The van der Waals surface area contributed by atoms with Gasteiger partial charge >= 0.3 is 136 Å². The molecule has 2 rings (SSSR count). The van der Waals surface area contributed by atoms with Gasteiger partial charge in [0.15, 0.2) is 0 Å². The summed E-state index contributed by atoms with van der Waals surface area (Å²) >= 11 is -1.25. The molecule has 1 saturated carbocycles. The number of amides is 2. The molecule has 1 aromatic rings. The van der Waals surface area contributed by atoms with Gasteiger partial charge in [-0.25, -0.2) is 0 Å². The summed E-state index contributed by atoms with van der Waals surface area (Å²) in [5.74, 6) is 1.17. The molecule has 1 aliphatic carbocycles. The first-order chi connectivity index (χ1) is 11.4. The van der Waals surface area contributed by atoms with Gasteiger partial charge in [-0.15, -0.1) is 0 Å². The number of aromatic hydroxyl groups is 1. The van der Waals surface area contributed by atoms with Crippen LogP contribution in [-0.2, 0) is 17.5 Å². The summed E-state index contributed by atoms with van der Waals surface area (Å²) in [5.41, 5.74) is 0.650. The number of allylic oxidation sites excluding steroid dienone is 1. The van der Waals surface area contributed by atoms with Crippen molar-refractivity contribution in [1.29, 1.82) is 0 Å². The summed E-state index contributed by atoms with van der Waals surface area (Å²) < 4.78 is 12.7. The maximum absolute atomic E-state index is 11.9. The van der Waals surface area contributed by atoms with Crippen LogP contribution in [0.5, 0.6) is 5.75 Å². The van der Waals surface area contributed by atoms with Crippen LogP contribution in [0.1, 0.15) is 32.6 Å². The van der Waals surface area contributed by atoms with Gasteiger partial charge in [-0.1, -0.05) is 0 Å². The normalized spacial score (nSPS) is 21.0. The Morgan fingerprint density at radius 2 is 1.79 bits per heavy atom. The first-order valence-corrected chi connectivity index (χ1v) is 9.88. The van der Waals surface area contributed by atoms with Crippen molar-refractivity contribution >= 4 is 11.7 Å². The third kappa shape index (κ3) is 6.09. The van der Waals surface area contributed by atoms with E-state index in [1.165, 1.54) is 12.1 Å². The zero-order chi connectivity index (χ0) is 17.5. The molecule has 3 N–H and O–H groups in total. The molecule has 0 aliphatic heterocycles. The molecular formula is C18H26CoN2O3. The van der Waals surface area contributed by atoms with E-state index < -0.39 is 13.6 Å². The van der Waals surface area contributed by atoms with E-state index in [-0.39, 0.29) is 11.8 Å². The number of phenols is 1. The van der Waals surface area contributed by atoms with Crippen molar-refractivity contribution in [2.24, 2.45) is 11.8 Å². The molecule has 0 aromatic heterocycles. The Bertz CT molecular complexity index is 593. The van der Waals surface area contributed by atoms with Crippen molar-refractivity contribution in [1.82, 2.24) is 5.32 Å². The Kier molecular flexibility index (Phi) is 6.99. The number of rotatable bonds is 6. The van der Waals surface area contributed by atoms with Gasteiger partial charge in [0.2, 0.25) is 0 Å². The maximum atomic E-state index is 11.9. The van der Waals surface area contributed by atoms with Crippen LogP contribution in [0.2, 0.25) is 5.36 Å². The summed E-state index contributed by atoms with van der Waals surface area (Å²) in [6, 6.07) is 6.15. The number of phenolic OH excluding ortho intramolecular Hbond substituents is 1. The third-order valence-corrected chi connectivity index (χ3v) is 6.25. The van der Waals surface area contributed by atoms with E-state index in [1.54, 1.807) is 12.1 Å². The number of benzene rings is 1. The van der Waals surface area contributed by atoms with E-state index in [0.29, 0.717) is 24.1 Å². The molecule has 0 bridgehead atoms. The van der Waals surface area contributed by atoms with Gasteiger partial charge in [-0.05, 0) is 0 Å². The SMILES string of the molecule is C=[C](C)[Co](=[O])[CH2]C1CCC(CNC(=O)Nc2ccc(O)cc2)CC1. The minimum absolute atomic E-state index is 0.172. The first-order valence-electron chi connectivity index (χ1n) is 8.19. The van der Waals surface area contributed by atoms with Crippen LogP contribution in [0.3, 0.4) is 0 Å². The van der Waals surface area contributed by atoms with Gasteiger partial charge in [0.05, 0.1) is 0 Å². The Morgan fingerprint density at radius 1 is 1.21 bits per heavy atom. The van der Waals surface area contributed by atoms with E-state index in [0.717, 1.165) is 35.5 Å².